The molecular formula is C21H20N4S2. The number of aromatic nitrogens is 2. The van der Waals surface area contributed by atoms with Crippen molar-refractivity contribution in [2.24, 2.45) is 0 Å². The van der Waals surface area contributed by atoms with Crippen LogP contribution in [0.5, 0.6) is 0 Å². The molecule has 4 rings (SSSR count). The third-order valence-corrected chi connectivity index (χ3v) is 6.24. The van der Waals surface area contributed by atoms with E-state index in [4.69, 9.17) is 4.98 Å². The number of thioether (sulfide) groups is 1. The fraction of sp³-hybridized carbons (Fsp3) is 0.286. The largest absolute Gasteiger partial charge is 0.366 e. The first kappa shape index (κ1) is 18.0. The molecule has 1 aliphatic carbocycles. The van der Waals surface area contributed by atoms with E-state index in [2.05, 4.69) is 47.6 Å². The van der Waals surface area contributed by atoms with Crippen LogP contribution in [0.15, 0.2) is 46.9 Å². The van der Waals surface area contributed by atoms with Crippen LogP contribution < -0.4 is 5.32 Å². The summed E-state index contributed by atoms with van der Waals surface area (Å²) in [5, 5.41) is 15.8. The number of nitrogens with zero attached hydrogens (tertiary/aromatic N) is 3. The zero-order chi connectivity index (χ0) is 18.6. The molecule has 27 heavy (non-hydrogen) atoms. The summed E-state index contributed by atoms with van der Waals surface area (Å²) in [6.07, 6.45) is 3.30. The van der Waals surface area contributed by atoms with Crippen LogP contribution in [0.3, 0.4) is 0 Å². The first-order chi connectivity index (χ1) is 13.3. The van der Waals surface area contributed by atoms with Gasteiger partial charge in [0.2, 0.25) is 0 Å². The highest BCUT2D eigenvalue weighted by Crippen LogP contribution is 2.34. The van der Waals surface area contributed by atoms with E-state index in [0.717, 1.165) is 35.6 Å². The van der Waals surface area contributed by atoms with Crippen molar-refractivity contribution in [2.75, 3.05) is 5.32 Å². The highest BCUT2D eigenvalue weighted by molar-refractivity contribution is 7.98. The summed E-state index contributed by atoms with van der Waals surface area (Å²) in [5.41, 5.74) is 3.88. The van der Waals surface area contributed by atoms with E-state index in [-0.39, 0.29) is 0 Å². The van der Waals surface area contributed by atoms with Gasteiger partial charge in [0, 0.05) is 11.8 Å². The molecule has 0 atom stereocenters. The molecule has 4 nitrogen and oxygen atoms in total. The molecule has 0 aliphatic heterocycles. The van der Waals surface area contributed by atoms with E-state index in [1.54, 1.807) is 23.1 Å². The van der Waals surface area contributed by atoms with Gasteiger partial charge in [-0.1, -0.05) is 49.0 Å². The molecule has 0 bridgehead atoms. The first-order valence-electron chi connectivity index (χ1n) is 9.10. The van der Waals surface area contributed by atoms with E-state index in [0.29, 0.717) is 22.6 Å². The molecule has 1 fully saturated rings. The predicted octanol–water partition coefficient (Wildman–Crippen LogP) is 5.51. The van der Waals surface area contributed by atoms with Gasteiger partial charge in [0.05, 0.1) is 4.88 Å². The van der Waals surface area contributed by atoms with Gasteiger partial charge in [-0.25, -0.2) is 9.97 Å². The van der Waals surface area contributed by atoms with Gasteiger partial charge in [-0.15, -0.1) is 11.3 Å². The van der Waals surface area contributed by atoms with Crippen molar-refractivity contribution < 1.29 is 0 Å². The van der Waals surface area contributed by atoms with Crippen LogP contribution >= 0.6 is 23.1 Å². The molecule has 0 amide bonds. The Kier molecular flexibility index (Phi) is 5.42. The van der Waals surface area contributed by atoms with Crippen LogP contribution in [0.4, 0.5) is 5.82 Å². The lowest BCUT2D eigenvalue weighted by atomic mass is 10.1. The number of hydrogen-bond donors (Lipinski definition) is 1. The molecule has 3 aromatic rings. The van der Waals surface area contributed by atoms with Crippen molar-refractivity contribution in [3.8, 4) is 16.6 Å². The topological polar surface area (TPSA) is 61.6 Å². The number of aryl methyl sites for hydroxylation is 1. The monoisotopic (exact) mass is 392 g/mol. The molecule has 2 aromatic heterocycles. The summed E-state index contributed by atoms with van der Waals surface area (Å²) in [6, 6.07) is 15.4. The van der Waals surface area contributed by atoms with Gasteiger partial charge in [0.15, 0.2) is 5.16 Å². The lowest BCUT2D eigenvalue weighted by molar-refractivity contribution is 0.952. The van der Waals surface area contributed by atoms with E-state index < -0.39 is 0 Å². The number of rotatable bonds is 7. The average Bonchev–Trinajstić information content (AvgIpc) is 3.34. The molecule has 0 saturated heterocycles. The minimum atomic E-state index is 0.433. The van der Waals surface area contributed by atoms with Gasteiger partial charge >= 0.3 is 0 Å². The summed E-state index contributed by atoms with van der Waals surface area (Å²) in [4.78, 5) is 10.4. The maximum Gasteiger partial charge on any atom is 0.190 e. The van der Waals surface area contributed by atoms with Gasteiger partial charge < -0.3 is 5.32 Å². The maximum absolute atomic E-state index is 9.72. The van der Waals surface area contributed by atoms with Crippen LogP contribution in [0.2, 0.25) is 0 Å². The predicted molar refractivity (Wildman–Crippen MR) is 112 cm³/mol. The number of nitrogens with one attached hydrogen (secondary N) is 1. The van der Waals surface area contributed by atoms with Crippen LogP contribution in [0, 0.1) is 11.3 Å². The average molecular weight is 393 g/mol. The van der Waals surface area contributed by atoms with Gasteiger partial charge in [-0.05, 0) is 41.8 Å². The summed E-state index contributed by atoms with van der Waals surface area (Å²) in [5.74, 6) is 1.48. The van der Waals surface area contributed by atoms with E-state index in [1.807, 2.05) is 17.5 Å². The minimum absolute atomic E-state index is 0.433. The van der Waals surface area contributed by atoms with Crippen LogP contribution in [-0.4, -0.2) is 16.0 Å². The van der Waals surface area contributed by atoms with Crippen molar-refractivity contribution in [1.82, 2.24) is 9.97 Å². The van der Waals surface area contributed by atoms with Crippen LogP contribution in [0.1, 0.15) is 36.5 Å². The second-order valence-corrected chi connectivity index (χ2v) is 8.44. The Morgan fingerprint density at radius 1 is 1.22 bits per heavy atom. The van der Waals surface area contributed by atoms with Crippen LogP contribution in [0.25, 0.3) is 10.6 Å². The number of anilines is 1. The molecule has 1 N–H and O–H groups in total. The molecule has 1 aliphatic rings. The number of thiophene rings is 1. The molecule has 0 spiro atoms. The number of benzene rings is 1. The lowest BCUT2D eigenvalue weighted by Crippen LogP contribution is -2.08. The fourth-order valence-electron chi connectivity index (χ4n) is 2.81. The summed E-state index contributed by atoms with van der Waals surface area (Å²) >= 11 is 3.22. The van der Waals surface area contributed by atoms with Crippen molar-refractivity contribution in [3.05, 3.63) is 58.5 Å². The second kappa shape index (κ2) is 8.12. The van der Waals surface area contributed by atoms with Gasteiger partial charge in [0.1, 0.15) is 23.1 Å². The SMILES string of the molecule is CCc1cccc(CSc2nc(NC3CC3)c(C#N)c(-c3cccs3)n2)c1. The molecule has 136 valence electrons. The maximum atomic E-state index is 9.72. The third-order valence-electron chi connectivity index (χ3n) is 4.44. The van der Waals surface area contributed by atoms with Crippen molar-refractivity contribution in [1.29, 1.82) is 5.26 Å². The van der Waals surface area contributed by atoms with Gasteiger partial charge in [-0.3, -0.25) is 0 Å². The van der Waals surface area contributed by atoms with Gasteiger partial charge in [-0.2, -0.15) is 5.26 Å². The highest BCUT2D eigenvalue weighted by Gasteiger charge is 2.25. The Balaban J connectivity index is 1.65. The normalized spacial score (nSPS) is 13.3. The summed E-state index contributed by atoms with van der Waals surface area (Å²) < 4.78 is 0. The molecule has 2 heterocycles. The van der Waals surface area contributed by atoms with Crippen molar-refractivity contribution in [2.45, 2.75) is 43.1 Å². The third kappa shape index (κ3) is 4.32. The second-order valence-electron chi connectivity index (χ2n) is 6.55. The fourth-order valence-corrected chi connectivity index (χ4v) is 4.32. The minimum Gasteiger partial charge on any atom is -0.366 e. The summed E-state index contributed by atoms with van der Waals surface area (Å²) in [7, 11) is 0. The Bertz CT molecular complexity index is 972. The zero-order valence-corrected chi connectivity index (χ0v) is 16.7. The smallest absolute Gasteiger partial charge is 0.190 e. The zero-order valence-electron chi connectivity index (χ0n) is 15.1. The summed E-state index contributed by atoms with van der Waals surface area (Å²) in [6.45, 7) is 2.17. The Hall–Kier alpha value is -2.36. The Morgan fingerprint density at radius 2 is 2.07 bits per heavy atom. The lowest BCUT2D eigenvalue weighted by Gasteiger charge is -2.11. The number of nitriles is 1. The highest BCUT2D eigenvalue weighted by atomic mass is 32.2. The quantitative estimate of drug-likeness (QED) is 0.424. The van der Waals surface area contributed by atoms with Crippen LogP contribution in [-0.2, 0) is 12.2 Å². The molecule has 1 saturated carbocycles. The number of hydrogen-bond acceptors (Lipinski definition) is 6. The van der Waals surface area contributed by atoms with Crippen molar-refractivity contribution in [3.63, 3.8) is 0 Å². The Labute approximate surface area is 167 Å². The van der Waals surface area contributed by atoms with E-state index in [9.17, 15) is 5.26 Å². The standard InChI is InChI=1S/C21H20N4S2/c1-2-14-5-3-6-15(11-14)13-27-21-24-19(18-7-4-10-26-18)17(12-22)20(25-21)23-16-8-9-16/h3-7,10-11,16H,2,8-9,13H2,1H3,(H,23,24,25). The molecular weight excluding hydrogens is 372 g/mol. The van der Waals surface area contributed by atoms with Gasteiger partial charge in [0.25, 0.3) is 0 Å². The van der Waals surface area contributed by atoms with E-state index >= 15 is 0 Å². The molecule has 6 heteroatoms. The van der Waals surface area contributed by atoms with E-state index in [1.165, 1.54) is 11.1 Å². The molecule has 0 unspecified atom stereocenters. The molecule has 0 radical (unpaired) electrons. The first-order valence-corrected chi connectivity index (χ1v) is 11.0. The van der Waals surface area contributed by atoms with Crippen molar-refractivity contribution >= 4 is 28.9 Å². The Morgan fingerprint density at radius 3 is 2.78 bits per heavy atom. The molecule has 1 aromatic carbocycles.